The number of anilines is 1. The number of benzene rings is 3. The molecule has 4 rings (SSSR count). The summed E-state index contributed by atoms with van der Waals surface area (Å²) in [5, 5.41) is 6.80. The Morgan fingerprint density at radius 1 is 1.00 bits per heavy atom. The van der Waals surface area contributed by atoms with Crippen molar-refractivity contribution in [3.63, 3.8) is 0 Å². The van der Waals surface area contributed by atoms with Crippen LogP contribution in [0.25, 0.3) is 20.8 Å². The molecule has 0 fully saturated rings. The van der Waals surface area contributed by atoms with E-state index in [-0.39, 0.29) is 11.0 Å². The van der Waals surface area contributed by atoms with Crippen molar-refractivity contribution in [2.45, 2.75) is 13.8 Å². The van der Waals surface area contributed by atoms with Gasteiger partial charge in [-0.15, -0.1) is 11.3 Å². The van der Waals surface area contributed by atoms with Crippen LogP contribution in [0.2, 0.25) is 0 Å². The smallest absolute Gasteiger partial charge is 0.257 e. The lowest BCUT2D eigenvalue weighted by atomic mass is 10.2. The van der Waals surface area contributed by atoms with E-state index in [0.29, 0.717) is 41.7 Å². The molecule has 35 heavy (non-hydrogen) atoms. The summed E-state index contributed by atoms with van der Waals surface area (Å²) in [5.41, 5.74) is 2.85. The van der Waals surface area contributed by atoms with Gasteiger partial charge in [0.05, 0.1) is 36.2 Å². The Bertz CT molecular complexity index is 1310. The summed E-state index contributed by atoms with van der Waals surface area (Å²) < 4.78 is 17.7. The Morgan fingerprint density at radius 2 is 1.71 bits per heavy atom. The highest BCUT2D eigenvalue weighted by molar-refractivity contribution is 7.80. The number of thiocarbonyl (C=S) groups is 1. The molecule has 7 nitrogen and oxygen atoms in total. The molecule has 1 aromatic heterocycles. The van der Waals surface area contributed by atoms with Gasteiger partial charge in [0.25, 0.3) is 5.91 Å². The predicted octanol–water partition coefficient (Wildman–Crippen LogP) is 5.90. The maximum Gasteiger partial charge on any atom is 0.257 e. The number of hydrogen-bond donors (Lipinski definition) is 2. The lowest BCUT2D eigenvalue weighted by Gasteiger charge is -2.15. The van der Waals surface area contributed by atoms with Crippen LogP contribution in [0.5, 0.6) is 17.2 Å². The number of carbonyl (C=O) groups is 1. The van der Waals surface area contributed by atoms with Gasteiger partial charge in [0.2, 0.25) is 0 Å². The number of carbonyl (C=O) groups excluding carboxylic acids is 1. The average molecular weight is 508 g/mol. The summed E-state index contributed by atoms with van der Waals surface area (Å²) in [6, 6.07) is 18.7. The van der Waals surface area contributed by atoms with Gasteiger partial charge < -0.3 is 19.5 Å². The van der Waals surface area contributed by atoms with Crippen molar-refractivity contribution in [1.29, 1.82) is 0 Å². The highest BCUT2D eigenvalue weighted by atomic mass is 32.1. The third kappa shape index (κ3) is 5.87. The second-order valence-corrected chi connectivity index (χ2v) is 8.81. The first-order valence-electron chi connectivity index (χ1n) is 11.1. The molecule has 1 heterocycles. The van der Waals surface area contributed by atoms with Gasteiger partial charge >= 0.3 is 0 Å². The van der Waals surface area contributed by atoms with Crippen LogP contribution in [0.4, 0.5) is 5.69 Å². The Kier molecular flexibility index (Phi) is 7.79. The number of amides is 1. The van der Waals surface area contributed by atoms with Crippen LogP contribution in [0, 0.1) is 0 Å². The van der Waals surface area contributed by atoms with E-state index in [1.807, 2.05) is 56.3 Å². The molecule has 0 aliphatic carbocycles. The van der Waals surface area contributed by atoms with Crippen LogP contribution in [0.1, 0.15) is 24.2 Å². The average Bonchev–Trinajstić information content (AvgIpc) is 3.28. The van der Waals surface area contributed by atoms with Crippen molar-refractivity contribution < 1.29 is 19.0 Å². The summed E-state index contributed by atoms with van der Waals surface area (Å²) in [6.45, 7) is 4.70. The molecule has 0 aliphatic heterocycles. The van der Waals surface area contributed by atoms with E-state index in [0.717, 1.165) is 20.8 Å². The van der Waals surface area contributed by atoms with Gasteiger partial charge in [-0.2, -0.15) is 0 Å². The van der Waals surface area contributed by atoms with Crippen LogP contribution in [0.3, 0.4) is 0 Å². The van der Waals surface area contributed by atoms with Gasteiger partial charge in [-0.3, -0.25) is 10.1 Å². The maximum absolute atomic E-state index is 12.9. The summed E-state index contributed by atoms with van der Waals surface area (Å²) >= 11 is 7.03. The molecular weight excluding hydrogens is 482 g/mol. The van der Waals surface area contributed by atoms with E-state index in [1.54, 1.807) is 36.6 Å². The number of fused-ring (bicyclic) bond motifs is 1. The van der Waals surface area contributed by atoms with Crippen molar-refractivity contribution in [2.24, 2.45) is 0 Å². The van der Waals surface area contributed by atoms with E-state index < -0.39 is 0 Å². The number of nitrogens with one attached hydrogen (secondary N) is 2. The fraction of sp³-hybridized carbons (Fsp3) is 0.192. The van der Waals surface area contributed by atoms with E-state index in [2.05, 4.69) is 10.6 Å². The Labute approximate surface area is 213 Å². The minimum absolute atomic E-state index is 0.134. The highest BCUT2D eigenvalue weighted by Gasteiger charge is 2.15. The molecule has 0 spiro atoms. The first kappa shape index (κ1) is 24.4. The fourth-order valence-electron chi connectivity index (χ4n) is 3.47. The maximum atomic E-state index is 12.9. The monoisotopic (exact) mass is 507 g/mol. The molecule has 180 valence electrons. The van der Waals surface area contributed by atoms with E-state index in [1.165, 1.54) is 0 Å². The third-order valence-corrected chi connectivity index (χ3v) is 6.27. The van der Waals surface area contributed by atoms with Gasteiger partial charge in [0.15, 0.2) is 5.11 Å². The molecule has 0 radical (unpaired) electrons. The summed E-state index contributed by atoms with van der Waals surface area (Å²) in [7, 11) is 1.58. The van der Waals surface area contributed by atoms with Crippen LogP contribution in [-0.2, 0) is 0 Å². The first-order valence-corrected chi connectivity index (χ1v) is 12.3. The number of hydrogen-bond acceptors (Lipinski definition) is 7. The zero-order valence-corrected chi connectivity index (χ0v) is 21.2. The standard InChI is InChI=1S/C26H25N3O4S2/c1-4-32-18-12-17(13-19(15-18)33-5-2)24(30)29-26(34)28-21-14-16(10-11-22(21)31-3)25-27-20-8-6-7-9-23(20)35-25/h6-15H,4-5H2,1-3H3,(H2,28,29,30,34). The minimum atomic E-state index is -0.383. The molecule has 4 aromatic rings. The SMILES string of the molecule is CCOc1cc(OCC)cc(C(=O)NC(=S)Nc2cc(-c3nc4ccccc4s3)ccc2OC)c1. The van der Waals surface area contributed by atoms with E-state index in [9.17, 15) is 4.79 Å². The summed E-state index contributed by atoms with van der Waals surface area (Å²) in [5.74, 6) is 1.30. The number of methoxy groups -OCH3 is 1. The predicted molar refractivity (Wildman–Crippen MR) is 144 cm³/mol. The molecule has 1 amide bonds. The van der Waals surface area contributed by atoms with Crippen molar-refractivity contribution in [2.75, 3.05) is 25.6 Å². The van der Waals surface area contributed by atoms with Crippen LogP contribution >= 0.6 is 23.6 Å². The molecule has 0 bridgehead atoms. The topological polar surface area (TPSA) is 81.7 Å². The fourth-order valence-corrected chi connectivity index (χ4v) is 4.63. The second-order valence-electron chi connectivity index (χ2n) is 7.37. The summed E-state index contributed by atoms with van der Waals surface area (Å²) in [4.78, 5) is 17.6. The lowest BCUT2D eigenvalue weighted by molar-refractivity contribution is 0.0976. The number of para-hydroxylation sites is 1. The zero-order chi connectivity index (χ0) is 24.8. The number of ether oxygens (including phenoxy) is 3. The van der Waals surface area contributed by atoms with Gasteiger partial charge in [0, 0.05) is 17.2 Å². The quantitative estimate of drug-likeness (QED) is 0.288. The molecule has 3 aromatic carbocycles. The largest absolute Gasteiger partial charge is 0.495 e. The number of nitrogens with zero attached hydrogens (tertiary/aromatic N) is 1. The molecule has 9 heteroatoms. The van der Waals surface area contributed by atoms with E-state index in [4.69, 9.17) is 31.4 Å². The Morgan fingerprint density at radius 3 is 2.37 bits per heavy atom. The van der Waals surface area contributed by atoms with Crippen LogP contribution in [-0.4, -0.2) is 36.3 Å². The van der Waals surface area contributed by atoms with Crippen molar-refractivity contribution in [3.05, 3.63) is 66.2 Å². The van der Waals surface area contributed by atoms with E-state index >= 15 is 0 Å². The summed E-state index contributed by atoms with van der Waals surface area (Å²) in [6.07, 6.45) is 0. The Balaban J connectivity index is 1.53. The molecular formula is C26H25N3O4S2. The number of rotatable bonds is 8. The van der Waals surface area contributed by atoms with Crippen LogP contribution < -0.4 is 24.8 Å². The van der Waals surface area contributed by atoms with Crippen molar-refractivity contribution >= 4 is 50.5 Å². The molecule has 0 unspecified atom stereocenters. The van der Waals surface area contributed by atoms with Crippen molar-refractivity contribution in [3.8, 4) is 27.8 Å². The second kappa shape index (κ2) is 11.2. The van der Waals surface area contributed by atoms with Gasteiger partial charge in [-0.1, -0.05) is 12.1 Å². The van der Waals surface area contributed by atoms with Crippen LogP contribution in [0.15, 0.2) is 60.7 Å². The molecule has 0 saturated carbocycles. The first-order chi connectivity index (χ1) is 17.0. The molecule has 0 aliphatic rings. The normalized spacial score (nSPS) is 10.6. The number of thiazole rings is 1. The molecule has 0 atom stereocenters. The van der Waals surface area contributed by atoms with Crippen molar-refractivity contribution in [1.82, 2.24) is 10.3 Å². The molecule has 0 saturated heterocycles. The number of aromatic nitrogens is 1. The van der Waals surface area contributed by atoms with Gasteiger partial charge in [-0.05, 0) is 68.5 Å². The Hall–Kier alpha value is -3.69. The highest BCUT2D eigenvalue weighted by Crippen LogP contribution is 2.35. The lowest BCUT2D eigenvalue weighted by Crippen LogP contribution is -2.34. The van der Waals surface area contributed by atoms with Gasteiger partial charge in [-0.25, -0.2) is 4.98 Å². The molecule has 2 N–H and O–H groups in total. The van der Waals surface area contributed by atoms with Gasteiger partial charge in [0.1, 0.15) is 22.3 Å². The zero-order valence-electron chi connectivity index (χ0n) is 19.6. The third-order valence-electron chi connectivity index (χ3n) is 4.98. The minimum Gasteiger partial charge on any atom is -0.495 e.